The fourth-order valence-electron chi connectivity index (χ4n) is 1.29. The van der Waals surface area contributed by atoms with E-state index in [9.17, 15) is 0 Å². The average molecular weight is 287 g/mol. The van der Waals surface area contributed by atoms with Crippen LogP contribution < -0.4 is 4.90 Å². The van der Waals surface area contributed by atoms with Gasteiger partial charge in [-0.2, -0.15) is 5.26 Å². The SMILES string of the molecule is CC(C)C(C#N)CN(C)c1cc(Br)cs1. The van der Waals surface area contributed by atoms with Gasteiger partial charge in [0.05, 0.1) is 17.0 Å². The molecule has 0 saturated carbocycles. The lowest BCUT2D eigenvalue weighted by Gasteiger charge is -2.22. The second kappa shape index (κ2) is 5.53. The van der Waals surface area contributed by atoms with Crippen LogP contribution in [0.1, 0.15) is 13.8 Å². The van der Waals surface area contributed by atoms with Crippen molar-refractivity contribution in [2.45, 2.75) is 13.8 Å². The average Bonchev–Trinajstić information content (AvgIpc) is 2.60. The molecule has 0 N–H and O–H groups in total. The van der Waals surface area contributed by atoms with E-state index >= 15 is 0 Å². The van der Waals surface area contributed by atoms with Crippen molar-refractivity contribution in [1.29, 1.82) is 5.26 Å². The van der Waals surface area contributed by atoms with Crippen molar-refractivity contribution in [1.82, 2.24) is 0 Å². The largest absolute Gasteiger partial charge is 0.365 e. The number of anilines is 1. The molecule has 15 heavy (non-hydrogen) atoms. The van der Waals surface area contributed by atoms with Crippen LogP contribution in [0.4, 0.5) is 5.00 Å². The molecule has 1 heterocycles. The molecule has 0 aliphatic rings. The fourth-order valence-corrected chi connectivity index (χ4v) is 2.69. The normalized spacial score (nSPS) is 12.5. The fraction of sp³-hybridized carbons (Fsp3) is 0.545. The van der Waals surface area contributed by atoms with Gasteiger partial charge in [0, 0.05) is 23.4 Å². The molecule has 4 heteroatoms. The minimum atomic E-state index is 0.0934. The van der Waals surface area contributed by atoms with Gasteiger partial charge in [0.1, 0.15) is 0 Å². The van der Waals surface area contributed by atoms with Crippen LogP contribution in [-0.2, 0) is 0 Å². The summed E-state index contributed by atoms with van der Waals surface area (Å²) in [7, 11) is 2.03. The monoisotopic (exact) mass is 286 g/mol. The molecule has 0 radical (unpaired) electrons. The molecule has 1 atom stereocenters. The molecule has 82 valence electrons. The van der Waals surface area contributed by atoms with Gasteiger partial charge in [0.25, 0.3) is 0 Å². The summed E-state index contributed by atoms with van der Waals surface area (Å²) in [5.41, 5.74) is 0. The van der Waals surface area contributed by atoms with Gasteiger partial charge in [-0.1, -0.05) is 13.8 Å². The van der Waals surface area contributed by atoms with E-state index < -0.39 is 0 Å². The quantitative estimate of drug-likeness (QED) is 0.843. The van der Waals surface area contributed by atoms with E-state index in [1.807, 2.05) is 7.05 Å². The summed E-state index contributed by atoms with van der Waals surface area (Å²) in [4.78, 5) is 2.14. The first kappa shape index (κ1) is 12.5. The molecule has 0 aliphatic carbocycles. The summed E-state index contributed by atoms with van der Waals surface area (Å²) >= 11 is 5.12. The highest BCUT2D eigenvalue weighted by molar-refractivity contribution is 9.10. The van der Waals surface area contributed by atoms with E-state index in [2.05, 4.69) is 52.2 Å². The summed E-state index contributed by atoms with van der Waals surface area (Å²) in [6.45, 7) is 4.97. The predicted octanol–water partition coefficient (Wildman–Crippen LogP) is 3.74. The number of nitriles is 1. The van der Waals surface area contributed by atoms with Crippen molar-refractivity contribution < 1.29 is 0 Å². The maximum absolute atomic E-state index is 9.01. The molecule has 1 rings (SSSR count). The van der Waals surface area contributed by atoms with Crippen LogP contribution in [0.25, 0.3) is 0 Å². The lowest BCUT2D eigenvalue weighted by Crippen LogP contribution is -2.26. The number of thiophene rings is 1. The molecule has 1 aromatic heterocycles. The maximum Gasteiger partial charge on any atom is 0.0918 e. The summed E-state index contributed by atoms with van der Waals surface area (Å²) in [5, 5.41) is 12.3. The van der Waals surface area contributed by atoms with Crippen molar-refractivity contribution in [3.8, 4) is 6.07 Å². The molecular formula is C11H15BrN2S. The first-order chi connectivity index (χ1) is 7.04. The van der Waals surface area contributed by atoms with Crippen molar-refractivity contribution in [3.63, 3.8) is 0 Å². The molecule has 0 amide bonds. The van der Waals surface area contributed by atoms with Gasteiger partial charge < -0.3 is 4.90 Å². The zero-order valence-corrected chi connectivity index (χ0v) is 11.6. The lowest BCUT2D eigenvalue weighted by atomic mass is 9.97. The predicted molar refractivity (Wildman–Crippen MR) is 69.2 cm³/mol. The summed E-state index contributed by atoms with van der Waals surface area (Å²) in [6, 6.07) is 4.44. The third-order valence-corrected chi connectivity index (χ3v) is 4.17. The highest BCUT2D eigenvalue weighted by Gasteiger charge is 2.15. The Morgan fingerprint density at radius 2 is 2.27 bits per heavy atom. The Hall–Kier alpha value is -0.530. The van der Waals surface area contributed by atoms with Crippen LogP contribution in [0.3, 0.4) is 0 Å². The zero-order chi connectivity index (χ0) is 11.4. The second-order valence-electron chi connectivity index (χ2n) is 3.96. The molecule has 0 spiro atoms. The highest BCUT2D eigenvalue weighted by atomic mass is 79.9. The molecule has 0 aromatic carbocycles. The van der Waals surface area contributed by atoms with Crippen molar-refractivity contribution in [2.24, 2.45) is 11.8 Å². The van der Waals surface area contributed by atoms with Gasteiger partial charge in [-0.25, -0.2) is 0 Å². The number of nitrogens with zero attached hydrogens (tertiary/aromatic N) is 2. The number of hydrogen-bond acceptors (Lipinski definition) is 3. The molecule has 0 bridgehead atoms. The Labute approximate surface area is 104 Å². The Kier molecular flexibility index (Phi) is 4.62. The first-order valence-electron chi connectivity index (χ1n) is 4.89. The van der Waals surface area contributed by atoms with Gasteiger partial charge in [-0.15, -0.1) is 11.3 Å². The molecule has 0 aliphatic heterocycles. The van der Waals surface area contributed by atoms with E-state index in [1.165, 1.54) is 5.00 Å². The Morgan fingerprint density at radius 3 is 2.67 bits per heavy atom. The standard InChI is InChI=1S/C11H15BrN2S/c1-8(2)9(5-13)6-14(3)11-4-10(12)7-15-11/h4,7-9H,6H2,1-3H3. The van der Waals surface area contributed by atoms with Crippen molar-refractivity contribution in [2.75, 3.05) is 18.5 Å². The van der Waals surface area contributed by atoms with Gasteiger partial charge in [0.15, 0.2) is 0 Å². The van der Waals surface area contributed by atoms with E-state index in [4.69, 9.17) is 5.26 Å². The van der Waals surface area contributed by atoms with Crippen molar-refractivity contribution >= 4 is 32.3 Å². The lowest BCUT2D eigenvalue weighted by molar-refractivity contribution is 0.478. The van der Waals surface area contributed by atoms with Gasteiger partial charge >= 0.3 is 0 Å². The van der Waals surface area contributed by atoms with E-state index in [0.29, 0.717) is 5.92 Å². The minimum absolute atomic E-state index is 0.0934. The van der Waals surface area contributed by atoms with Crippen LogP contribution in [-0.4, -0.2) is 13.6 Å². The van der Waals surface area contributed by atoms with Crippen LogP contribution in [0.2, 0.25) is 0 Å². The van der Waals surface area contributed by atoms with Crippen LogP contribution in [0.15, 0.2) is 15.9 Å². The van der Waals surface area contributed by atoms with Gasteiger partial charge in [-0.05, 0) is 27.9 Å². The number of hydrogen-bond donors (Lipinski definition) is 0. The third kappa shape index (κ3) is 3.51. The third-order valence-electron chi connectivity index (χ3n) is 2.37. The highest BCUT2D eigenvalue weighted by Crippen LogP contribution is 2.28. The Bertz CT molecular complexity index is 354. The molecule has 0 fully saturated rings. The molecule has 1 unspecified atom stereocenters. The zero-order valence-electron chi connectivity index (χ0n) is 9.20. The topological polar surface area (TPSA) is 27.0 Å². The van der Waals surface area contributed by atoms with Crippen LogP contribution in [0.5, 0.6) is 0 Å². The summed E-state index contributed by atoms with van der Waals surface area (Å²) in [5.74, 6) is 0.497. The summed E-state index contributed by atoms with van der Waals surface area (Å²) in [6.07, 6.45) is 0. The van der Waals surface area contributed by atoms with Crippen molar-refractivity contribution in [3.05, 3.63) is 15.9 Å². The van der Waals surface area contributed by atoms with E-state index in [-0.39, 0.29) is 5.92 Å². The maximum atomic E-state index is 9.01. The molecule has 0 saturated heterocycles. The van der Waals surface area contributed by atoms with Gasteiger partial charge in [0.2, 0.25) is 0 Å². The van der Waals surface area contributed by atoms with Crippen LogP contribution >= 0.6 is 27.3 Å². The van der Waals surface area contributed by atoms with Gasteiger partial charge in [-0.3, -0.25) is 0 Å². The van der Waals surface area contributed by atoms with E-state index in [0.717, 1.165) is 11.0 Å². The number of rotatable bonds is 4. The number of halogens is 1. The minimum Gasteiger partial charge on any atom is -0.365 e. The molecule has 1 aromatic rings. The second-order valence-corrected chi connectivity index (χ2v) is 5.77. The first-order valence-corrected chi connectivity index (χ1v) is 6.56. The smallest absolute Gasteiger partial charge is 0.0918 e. The Balaban J connectivity index is 2.63. The summed E-state index contributed by atoms with van der Waals surface area (Å²) < 4.78 is 1.10. The van der Waals surface area contributed by atoms with E-state index in [1.54, 1.807) is 11.3 Å². The molecule has 2 nitrogen and oxygen atoms in total. The molecular weight excluding hydrogens is 272 g/mol. The van der Waals surface area contributed by atoms with Crippen LogP contribution in [0, 0.1) is 23.2 Å². The Morgan fingerprint density at radius 1 is 1.60 bits per heavy atom.